The highest BCUT2D eigenvalue weighted by atomic mass is 35.5. The molecule has 1 unspecified atom stereocenters. The van der Waals surface area contributed by atoms with E-state index in [2.05, 4.69) is 35.0 Å². The highest BCUT2D eigenvalue weighted by Gasteiger charge is 2.13. The molecule has 0 bridgehead atoms. The van der Waals surface area contributed by atoms with Gasteiger partial charge < -0.3 is 21.6 Å². The second-order valence-corrected chi connectivity index (χ2v) is 10.9. The minimum Gasteiger partial charge on any atom is -1.00 e. The highest BCUT2D eigenvalue weighted by molar-refractivity contribution is 4.52. The molecule has 0 heterocycles. The van der Waals surface area contributed by atoms with Crippen molar-refractivity contribution in [3.63, 3.8) is 0 Å². The predicted octanol–water partition coefficient (Wildman–Crippen LogP) is 5.92. The van der Waals surface area contributed by atoms with Gasteiger partial charge in [0, 0.05) is 6.61 Å². The summed E-state index contributed by atoms with van der Waals surface area (Å²) in [5.74, 6) is 0. The van der Waals surface area contributed by atoms with Crippen LogP contribution in [-0.2, 0) is 4.74 Å². The zero-order valence-corrected chi connectivity index (χ0v) is 23.1. The smallest absolute Gasteiger partial charge is 0.104 e. The number of quaternary nitrogens is 1. The quantitative estimate of drug-likeness (QED) is 0.128. The minimum atomic E-state index is 0. The Morgan fingerprint density at radius 3 is 1.10 bits per heavy atom. The van der Waals surface area contributed by atoms with E-state index in [0.29, 0.717) is 6.10 Å². The molecule has 0 saturated carbocycles. The van der Waals surface area contributed by atoms with E-state index in [1.54, 1.807) is 0 Å². The number of hydrogen-bond acceptors (Lipinski definition) is 1. The Hall–Kier alpha value is 0.210. The minimum absolute atomic E-state index is 0. The van der Waals surface area contributed by atoms with Crippen LogP contribution in [0.4, 0.5) is 0 Å². The molecule has 2 nitrogen and oxygen atoms in total. The summed E-state index contributed by atoms with van der Waals surface area (Å²) in [6.07, 6.45) is 29.2. The van der Waals surface area contributed by atoms with Gasteiger partial charge in [-0.2, -0.15) is 0 Å². The van der Waals surface area contributed by atoms with E-state index >= 15 is 0 Å². The molecule has 0 aromatic carbocycles. The molecule has 1 atom stereocenters. The van der Waals surface area contributed by atoms with E-state index < -0.39 is 0 Å². The van der Waals surface area contributed by atoms with E-state index in [1.165, 1.54) is 128 Å². The van der Waals surface area contributed by atoms with Crippen LogP contribution in [0.5, 0.6) is 0 Å². The first-order chi connectivity index (χ1) is 14.5. The Bertz CT molecular complexity index is 329. The van der Waals surface area contributed by atoms with Gasteiger partial charge in [-0.3, -0.25) is 0 Å². The molecule has 31 heavy (non-hydrogen) atoms. The summed E-state index contributed by atoms with van der Waals surface area (Å²) >= 11 is 0. The number of nitrogens with zero attached hydrogens (tertiary/aromatic N) is 1. The number of rotatable bonds is 24. The van der Waals surface area contributed by atoms with Gasteiger partial charge >= 0.3 is 0 Å². The molecule has 0 aromatic heterocycles. The number of hydrogen-bond donors (Lipinski definition) is 0. The monoisotopic (exact) mass is 461 g/mol. The second-order valence-electron chi connectivity index (χ2n) is 10.9. The van der Waals surface area contributed by atoms with Crippen molar-refractivity contribution < 1.29 is 21.6 Å². The third-order valence-electron chi connectivity index (χ3n) is 6.21. The van der Waals surface area contributed by atoms with E-state index in [1.807, 2.05) is 0 Å². The van der Waals surface area contributed by atoms with Crippen molar-refractivity contribution in [3.8, 4) is 0 Å². The molecule has 0 N–H and O–H groups in total. The molecule has 0 amide bonds. The SMILES string of the molecule is CCCCCCCCCCCCCCCCCCCCCCOC(C)C[N+](C)(C)C.[Cl-]. The average Bonchev–Trinajstić information content (AvgIpc) is 2.68. The molecule has 0 fully saturated rings. The summed E-state index contributed by atoms with van der Waals surface area (Å²) in [5.41, 5.74) is 0. The van der Waals surface area contributed by atoms with Crippen molar-refractivity contribution >= 4 is 0 Å². The van der Waals surface area contributed by atoms with Crippen LogP contribution in [0.2, 0.25) is 0 Å². The topological polar surface area (TPSA) is 9.23 Å². The van der Waals surface area contributed by atoms with E-state index in [0.717, 1.165) is 17.6 Å². The summed E-state index contributed by atoms with van der Waals surface area (Å²) in [6.45, 7) is 6.55. The van der Waals surface area contributed by atoms with Crippen LogP contribution in [0.15, 0.2) is 0 Å². The Kier molecular flexibility index (Phi) is 26.8. The number of halogens is 1. The Balaban J connectivity index is 0. The lowest BCUT2D eigenvalue weighted by molar-refractivity contribution is -0.873. The molecule has 0 aliphatic rings. The van der Waals surface area contributed by atoms with Gasteiger partial charge in [0.1, 0.15) is 12.6 Å². The molecular formula is C28H60ClNO. The van der Waals surface area contributed by atoms with Crippen LogP contribution in [0, 0.1) is 0 Å². The number of ether oxygens (including phenoxy) is 1. The number of unbranched alkanes of at least 4 members (excludes halogenated alkanes) is 19. The van der Waals surface area contributed by atoms with Crippen LogP contribution < -0.4 is 12.4 Å². The fraction of sp³-hybridized carbons (Fsp3) is 1.00. The Morgan fingerprint density at radius 1 is 0.516 bits per heavy atom. The zero-order chi connectivity index (χ0) is 22.3. The van der Waals surface area contributed by atoms with Gasteiger partial charge in [0.25, 0.3) is 0 Å². The van der Waals surface area contributed by atoms with Gasteiger partial charge in [-0.15, -0.1) is 0 Å². The largest absolute Gasteiger partial charge is 1.00 e. The lowest BCUT2D eigenvalue weighted by atomic mass is 10.0. The summed E-state index contributed by atoms with van der Waals surface area (Å²) in [7, 11) is 6.70. The normalized spacial score (nSPS) is 12.7. The Morgan fingerprint density at radius 2 is 0.806 bits per heavy atom. The first kappa shape index (κ1) is 33.4. The fourth-order valence-electron chi connectivity index (χ4n) is 4.47. The van der Waals surface area contributed by atoms with Crippen LogP contribution in [-0.4, -0.2) is 44.9 Å². The summed E-state index contributed by atoms with van der Waals surface area (Å²) in [5, 5.41) is 0. The van der Waals surface area contributed by atoms with Gasteiger partial charge in [-0.1, -0.05) is 129 Å². The van der Waals surface area contributed by atoms with Crippen molar-refractivity contribution in [2.45, 2.75) is 148 Å². The molecule has 190 valence electrons. The molecule has 0 aliphatic heterocycles. The first-order valence-corrected chi connectivity index (χ1v) is 13.9. The maximum atomic E-state index is 5.94. The summed E-state index contributed by atoms with van der Waals surface area (Å²) in [6, 6.07) is 0. The average molecular weight is 462 g/mol. The molecule has 3 heteroatoms. The van der Waals surface area contributed by atoms with Crippen molar-refractivity contribution in [2.24, 2.45) is 0 Å². The van der Waals surface area contributed by atoms with Gasteiger partial charge in [-0.25, -0.2) is 0 Å². The molecule has 0 spiro atoms. The second kappa shape index (κ2) is 24.8. The molecule has 0 radical (unpaired) electrons. The Labute approximate surface area is 204 Å². The third-order valence-corrected chi connectivity index (χ3v) is 6.21. The molecule has 0 aromatic rings. The van der Waals surface area contributed by atoms with Crippen molar-refractivity contribution in [2.75, 3.05) is 34.3 Å². The van der Waals surface area contributed by atoms with Crippen LogP contribution in [0.1, 0.15) is 142 Å². The van der Waals surface area contributed by atoms with Gasteiger partial charge in [0.05, 0.1) is 21.1 Å². The molecule has 0 saturated heterocycles. The van der Waals surface area contributed by atoms with Crippen LogP contribution >= 0.6 is 0 Å². The lowest BCUT2D eigenvalue weighted by Crippen LogP contribution is -3.00. The van der Waals surface area contributed by atoms with Gasteiger partial charge in [0.2, 0.25) is 0 Å². The van der Waals surface area contributed by atoms with Crippen LogP contribution in [0.3, 0.4) is 0 Å². The third kappa shape index (κ3) is 30.2. The van der Waals surface area contributed by atoms with Crippen molar-refractivity contribution in [1.82, 2.24) is 0 Å². The van der Waals surface area contributed by atoms with E-state index in [-0.39, 0.29) is 12.4 Å². The number of likely N-dealkylation sites (N-methyl/N-ethyl adjacent to an activating group) is 1. The van der Waals surface area contributed by atoms with Crippen molar-refractivity contribution in [3.05, 3.63) is 0 Å². The van der Waals surface area contributed by atoms with Gasteiger partial charge in [-0.05, 0) is 13.3 Å². The summed E-state index contributed by atoms with van der Waals surface area (Å²) in [4.78, 5) is 0. The maximum absolute atomic E-state index is 5.94. The molecule has 0 rings (SSSR count). The summed E-state index contributed by atoms with van der Waals surface area (Å²) < 4.78 is 6.93. The zero-order valence-electron chi connectivity index (χ0n) is 22.4. The molecular weight excluding hydrogens is 402 g/mol. The standard InChI is InChI=1S/C28H60NO.ClH/c1-6-7-8-9-10-11-12-13-14-15-16-17-18-19-20-21-22-23-24-25-26-30-28(2)27-29(3,4)5;/h28H,6-27H2,1-5H3;1H/q+1;/p-1. The molecule has 0 aliphatic carbocycles. The van der Waals surface area contributed by atoms with Crippen LogP contribution in [0.25, 0.3) is 0 Å². The van der Waals surface area contributed by atoms with E-state index in [4.69, 9.17) is 4.74 Å². The first-order valence-electron chi connectivity index (χ1n) is 13.9. The fourth-order valence-corrected chi connectivity index (χ4v) is 4.47. The predicted molar refractivity (Wildman–Crippen MR) is 136 cm³/mol. The van der Waals surface area contributed by atoms with Crippen molar-refractivity contribution in [1.29, 1.82) is 0 Å². The lowest BCUT2D eigenvalue weighted by Gasteiger charge is -2.27. The van der Waals surface area contributed by atoms with Gasteiger partial charge in [0.15, 0.2) is 0 Å². The van der Waals surface area contributed by atoms with E-state index in [9.17, 15) is 0 Å². The highest BCUT2D eigenvalue weighted by Crippen LogP contribution is 2.15. The maximum Gasteiger partial charge on any atom is 0.104 e.